The van der Waals surface area contributed by atoms with Gasteiger partial charge in [-0.05, 0) is 43.3 Å². The highest BCUT2D eigenvalue weighted by atomic mass is 19.4. The Hall–Kier alpha value is -3.23. The van der Waals surface area contributed by atoms with Crippen molar-refractivity contribution in [1.82, 2.24) is 10.9 Å². The summed E-state index contributed by atoms with van der Waals surface area (Å²) in [7, 11) is 1.41. The van der Waals surface area contributed by atoms with E-state index in [1.807, 2.05) is 0 Å². The van der Waals surface area contributed by atoms with Gasteiger partial charge in [-0.2, -0.15) is 13.2 Å². The topological polar surface area (TPSA) is 76.7 Å². The SMILES string of the molecule is CCOc1ccc(C(=O)NNC(=O)c2cccc(C(F)(F)F)c2)cc1OC. The molecule has 0 bridgehead atoms. The molecule has 0 unspecified atom stereocenters. The molecule has 0 aromatic heterocycles. The van der Waals surface area contributed by atoms with E-state index >= 15 is 0 Å². The van der Waals surface area contributed by atoms with Crippen LogP contribution in [-0.2, 0) is 6.18 Å². The van der Waals surface area contributed by atoms with E-state index in [1.54, 1.807) is 6.92 Å². The van der Waals surface area contributed by atoms with E-state index in [-0.39, 0.29) is 11.1 Å². The molecule has 0 fully saturated rings. The number of ether oxygens (including phenoxy) is 2. The number of amides is 2. The summed E-state index contributed by atoms with van der Waals surface area (Å²) in [6, 6.07) is 8.26. The minimum absolute atomic E-state index is 0.166. The van der Waals surface area contributed by atoms with Crippen LogP contribution in [-0.4, -0.2) is 25.5 Å². The van der Waals surface area contributed by atoms with Crippen LogP contribution in [0.5, 0.6) is 11.5 Å². The molecule has 144 valence electrons. The van der Waals surface area contributed by atoms with Crippen LogP contribution in [0.4, 0.5) is 13.2 Å². The van der Waals surface area contributed by atoms with Gasteiger partial charge >= 0.3 is 6.18 Å². The summed E-state index contributed by atoms with van der Waals surface area (Å²) >= 11 is 0. The number of carbonyl (C=O) groups is 2. The van der Waals surface area contributed by atoms with Crippen LogP contribution in [0, 0.1) is 0 Å². The van der Waals surface area contributed by atoms with E-state index in [9.17, 15) is 22.8 Å². The lowest BCUT2D eigenvalue weighted by Crippen LogP contribution is -2.41. The lowest BCUT2D eigenvalue weighted by atomic mass is 10.1. The molecule has 2 rings (SSSR count). The molecule has 2 aromatic rings. The molecule has 0 atom stereocenters. The van der Waals surface area contributed by atoms with Crippen molar-refractivity contribution in [2.75, 3.05) is 13.7 Å². The number of hydrazine groups is 1. The monoisotopic (exact) mass is 382 g/mol. The number of methoxy groups -OCH3 is 1. The number of rotatable bonds is 5. The quantitative estimate of drug-likeness (QED) is 0.779. The first-order valence-corrected chi connectivity index (χ1v) is 7.85. The normalized spacial score (nSPS) is 10.9. The largest absolute Gasteiger partial charge is 0.493 e. The van der Waals surface area contributed by atoms with Gasteiger partial charge in [-0.1, -0.05) is 6.07 Å². The number of hydrogen-bond acceptors (Lipinski definition) is 4. The maximum absolute atomic E-state index is 12.7. The van der Waals surface area contributed by atoms with Gasteiger partial charge in [0, 0.05) is 11.1 Å². The summed E-state index contributed by atoms with van der Waals surface area (Å²) in [5.41, 5.74) is 3.18. The zero-order valence-electron chi connectivity index (χ0n) is 14.5. The number of carbonyl (C=O) groups excluding carboxylic acids is 2. The maximum atomic E-state index is 12.7. The molecule has 9 heteroatoms. The maximum Gasteiger partial charge on any atom is 0.416 e. The molecule has 0 saturated carbocycles. The molecule has 2 aromatic carbocycles. The number of alkyl halides is 3. The Bertz CT molecular complexity index is 838. The van der Waals surface area contributed by atoms with Gasteiger partial charge in [-0.15, -0.1) is 0 Å². The first-order valence-electron chi connectivity index (χ1n) is 7.85. The van der Waals surface area contributed by atoms with Crippen LogP contribution in [0.15, 0.2) is 42.5 Å². The number of benzene rings is 2. The first-order chi connectivity index (χ1) is 12.8. The van der Waals surface area contributed by atoms with E-state index < -0.39 is 23.6 Å². The van der Waals surface area contributed by atoms with Gasteiger partial charge in [0.1, 0.15) is 0 Å². The summed E-state index contributed by atoms with van der Waals surface area (Å²) < 4.78 is 48.6. The minimum Gasteiger partial charge on any atom is -0.493 e. The molecule has 0 aliphatic heterocycles. The van der Waals surface area contributed by atoms with Gasteiger partial charge in [-0.25, -0.2) is 0 Å². The highest BCUT2D eigenvalue weighted by molar-refractivity contribution is 5.99. The second-order valence-corrected chi connectivity index (χ2v) is 5.29. The molecule has 6 nitrogen and oxygen atoms in total. The molecule has 0 radical (unpaired) electrons. The Labute approximate surface area is 153 Å². The second kappa shape index (κ2) is 8.43. The third kappa shape index (κ3) is 5.13. The predicted octanol–water partition coefficient (Wildman–Crippen LogP) is 3.19. The Morgan fingerprint density at radius 1 is 0.963 bits per heavy atom. The number of hydrogen-bond donors (Lipinski definition) is 2. The highest BCUT2D eigenvalue weighted by Crippen LogP contribution is 2.29. The fraction of sp³-hybridized carbons (Fsp3) is 0.222. The van der Waals surface area contributed by atoms with Crippen molar-refractivity contribution in [3.8, 4) is 11.5 Å². The molecule has 0 spiro atoms. The molecule has 0 heterocycles. The highest BCUT2D eigenvalue weighted by Gasteiger charge is 2.30. The van der Waals surface area contributed by atoms with Crippen molar-refractivity contribution in [3.05, 3.63) is 59.2 Å². The van der Waals surface area contributed by atoms with Gasteiger partial charge in [0.15, 0.2) is 11.5 Å². The molecular formula is C18H17F3N2O4. The van der Waals surface area contributed by atoms with Crippen molar-refractivity contribution in [2.45, 2.75) is 13.1 Å². The third-order valence-corrected chi connectivity index (χ3v) is 3.47. The summed E-state index contributed by atoms with van der Waals surface area (Å²) in [6.45, 7) is 2.21. The molecule has 0 saturated heterocycles. The summed E-state index contributed by atoms with van der Waals surface area (Å²) in [5.74, 6) is -0.776. The minimum atomic E-state index is -4.57. The summed E-state index contributed by atoms with van der Waals surface area (Å²) in [4.78, 5) is 24.1. The van der Waals surface area contributed by atoms with Gasteiger partial charge in [0.25, 0.3) is 11.8 Å². The van der Waals surface area contributed by atoms with Crippen molar-refractivity contribution in [2.24, 2.45) is 0 Å². The average molecular weight is 382 g/mol. The molecule has 2 amide bonds. The summed E-state index contributed by atoms with van der Waals surface area (Å²) in [5, 5.41) is 0. The Morgan fingerprint density at radius 3 is 2.15 bits per heavy atom. The van der Waals surface area contributed by atoms with Gasteiger partial charge in [0.05, 0.1) is 19.3 Å². The van der Waals surface area contributed by atoms with E-state index in [4.69, 9.17) is 9.47 Å². The molecule has 0 aliphatic carbocycles. The van der Waals surface area contributed by atoms with E-state index in [2.05, 4.69) is 10.9 Å². The lowest BCUT2D eigenvalue weighted by molar-refractivity contribution is -0.137. The fourth-order valence-electron chi connectivity index (χ4n) is 2.18. The number of nitrogens with one attached hydrogen (secondary N) is 2. The Morgan fingerprint density at radius 2 is 1.59 bits per heavy atom. The zero-order valence-corrected chi connectivity index (χ0v) is 14.5. The zero-order chi connectivity index (χ0) is 20.0. The summed E-state index contributed by atoms with van der Waals surface area (Å²) in [6.07, 6.45) is -4.57. The first kappa shape index (κ1) is 20.1. The van der Waals surface area contributed by atoms with Crippen LogP contribution in [0.2, 0.25) is 0 Å². The average Bonchev–Trinajstić information content (AvgIpc) is 2.65. The molecular weight excluding hydrogens is 365 g/mol. The van der Waals surface area contributed by atoms with Crippen LogP contribution >= 0.6 is 0 Å². The predicted molar refractivity (Wildman–Crippen MR) is 90.5 cm³/mol. The van der Waals surface area contributed by atoms with Gasteiger partial charge in [-0.3, -0.25) is 20.4 Å². The van der Waals surface area contributed by atoms with Crippen molar-refractivity contribution in [3.63, 3.8) is 0 Å². The molecule has 27 heavy (non-hydrogen) atoms. The number of halogens is 3. The van der Waals surface area contributed by atoms with Gasteiger partial charge in [0.2, 0.25) is 0 Å². The molecule has 2 N–H and O–H groups in total. The Kier molecular flexibility index (Phi) is 6.27. The van der Waals surface area contributed by atoms with E-state index in [0.29, 0.717) is 24.2 Å². The van der Waals surface area contributed by atoms with Crippen LogP contribution < -0.4 is 20.3 Å². The Balaban J connectivity index is 2.06. The standard InChI is InChI=1S/C18H17F3N2O4/c1-3-27-14-8-7-12(10-15(14)26-2)17(25)23-22-16(24)11-5-4-6-13(9-11)18(19,20)21/h4-10H,3H2,1-2H3,(H,22,24)(H,23,25). The van der Waals surface area contributed by atoms with Gasteiger partial charge < -0.3 is 9.47 Å². The van der Waals surface area contributed by atoms with Crippen molar-refractivity contribution < 1.29 is 32.2 Å². The van der Waals surface area contributed by atoms with E-state index in [1.165, 1.54) is 31.4 Å². The van der Waals surface area contributed by atoms with E-state index in [0.717, 1.165) is 12.1 Å². The smallest absolute Gasteiger partial charge is 0.416 e. The van der Waals surface area contributed by atoms with Crippen LogP contribution in [0.25, 0.3) is 0 Å². The van der Waals surface area contributed by atoms with Crippen molar-refractivity contribution in [1.29, 1.82) is 0 Å². The molecule has 0 aliphatic rings. The lowest BCUT2D eigenvalue weighted by Gasteiger charge is -2.12. The van der Waals surface area contributed by atoms with Crippen LogP contribution in [0.1, 0.15) is 33.2 Å². The van der Waals surface area contributed by atoms with Crippen molar-refractivity contribution >= 4 is 11.8 Å². The van der Waals surface area contributed by atoms with Crippen LogP contribution in [0.3, 0.4) is 0 Å². The second-order valence-electron chi connectivity index (χ2n) is 5.29. The fourth-order valence-corrected chi connectivity index (χ4v) is 2.18. The third-order valence-electron chi connectivity index (χ3n) is 3.47.